The Morgan fingerprint density at radius 1 is 1.32 bits per heavy atom. The van der Waals surface area contributed by atoms with Gasteiger partial charge in [-0.15, -0.1) is 0 Å². The summed E-state index contributed by atoms with van der Waals surface area (Å²) in [5, 5.41) is 12.8. The zero-order valence-corrected chi connectivity index (χ0v) is 14.1. The average molecular weight is 309 g/mol. The molecule has 0 saturated carbocycles. The number of carbonyl (C=O) groups excluding carboxylic acids is 1. The van der Waals surface area contributed by atoms with Crippen LogP contribution in [0.3, 0.4) is 0 Å². The van der Waals surface area contributed by atoms with Crippen LogP contribution in [0.5, 0.6) is 0 Å². The van der Waals surface area contributed by atoms with Crippen LogP contribution in [-0.4, -0.2) is 23.1 Å². The number of rotatable bonds is 8. The lowest BCUT2D eigenvalue weighted by Crippen LogP contribution is -2.41. The third kappa shape index (κ3) is 8.17. The van der Waals surface area contributed by atoms with Crippen molar-refractivity contribution in [2.75, 3.05) is 6.54 Å². The summed E-state index contributed by atoms with van der Waals surface area (Å²) >= 11 is 0. The van der Waals surface area contributed by atoms with Crippen LogP contribution in [0.2, 0.25) is 0 Å². The number of hydrogen-bond donors (Lipinski definition) is 1. The predicted molar refractivity (Wildman–Crippen MR) is 85.0 cm³/mol. The molecule has 5 heteroatoms. The van der Waals surface area contributed by atoms with Gasteiger partial charge in [-0.1, -0.05) is 32.6 Å². The zero-order valence-electron chi connectivity index (χ0n) is 14.1. The number of carbonyl (C=O) groups is 1. The number of nitrogens with one attached hydrogen (secondary N) is 1. The number of hydrogen-bond acceptors (Lipinski definition) is 3. The van der Waals surface area contributed by atoms with Crippen LogP contribution in [0.15, 0.2) is 18.7 Å². The van der Waals surface area contributed by atoms with Crippen molar-refractivity contribution in [1.29, 1.82) is 0 Å². The maximum absolute atomic E-state index is 10.0. The monoisotopic (exact) mass is 309 g/mol. The maximum Gasteiger partial charge on any atom is 0.243 e. The number of carboxylic acids is 1. The smallest absolute Gasteiger partial charge is 0.243 e. The fourth-order valence-corrected chi connectivity index (χ4v) is 2.59. The molecular formula is C17H31N3O2. The van der Waals surface area contributed by atoms with E-state index >= 15 is 0 Å². The summed E-state index contributed by atoms with van der Waals surface area (Å²) in [5.41, 5.74) is 0. The van der Waals surface area contributed by atoms with Gasteiger partial charge in [0.1, 0.15) is 12.4 Å². The molecule has 0 unspecified atom stereocenters. The van der Waals surface area contributed by atoms with Gasteiger partial charge in [-0.2, -0.15) is 0 Å². The summed E-state index contributed by atoms with van der Waals surface area (Å²) in [6.45, 7) is 4.26. The highest BCUT2D eigenvalue weighted by Gasteiger charge is 2.13. The summed E-state index contributed by atoms with van der Waals surface area (Å²) < 4.78 is 4.36. The lowest BCUT2D eigenvalue weighted by atomic mass is 10.1. The second kappa shape index (κ2) is 11.2. The van der Waals surface area contributed by atoms with Gasteiger partial charge < -0.3 is 15.2 Å². The summed E-state index contributed by atoms with van der Waals surface area (Å²) in [5.74, 6) is -0.970. The third-order valence-electron chi connectivity index (χ3n) is 3.94. The van der Waals surface area contributed by atoms with Crippen molar-refractivity contribution in [1.82, 2.24) is 9.88 Å². The molecule has 1 N–H and O–H groups in total. The number of unbranched alkanes of at least 4 members (excludes halogenated alkanes) is 5. The molecule has 1 fully saturated rings. The highest BCUT2D eigenvalue weighted by atomic mass is 16.4. The molecule has 2 heterocycles. The van der Waals surface area contributed by atoms with Gasteiger partial charge in [0.05, 0.1) is 19.6 Å². The molecular weight excluding hydrogens is 278 g/mol. The molecule has 0 aromatic carbocycles. The van der Waals surface area contributed by atoms with Crippen molar-refractivity contribution >= 4 is 5.97 Å². The molecule has 1 aliphatic rings. The first-order valence-corrected chi connectivity index (χ1v) is 8.58. The van der Waals surface area contributed by atoms with Crippen LogP contribution in [0.4, 0.5) is 0 Å². The Bertz CT molecular complexity index is 412. The fourth-order valence-electron chi connectivity index (χ4n) is 2.59. The van der Waals surface area contributed by atoms with Crippen LogP contribution in [0.25, 0.3) is 0 Å². The van der Waals surface area contributed by atoms with Gasteiger partial charge in [-0.05, 0) is 32.2 Å². The van der Waals surface area contributed by atoms with Gasteiger partial charge in [0.25, 0.3) is 0 Å². The number of nitrogens with zero attached hydrogens (tertiary/aromatic N) is 2. The molecule has 2 rings (SSSR count). The molecule has 0 aliphatic carbocycles. The molecule has 1 saturated heterocycles. The van der Waals surface area contributed by atoms with Crippen LogP contribution < -0.4 is 15.0 Å². The molecule has 1 aliphatic heterocycles. The van der Waals surface area contributed by atoms with Crippen molar-refractivity contribution in [2.24, 2.45) is 7.05 Å². The third-order valence-corrected chi connectivity index (χ3v) is 3.94. The second-order valence-electron chi connectivity index (χ2n) is 6.05. The first kappa shape index (κ1) is 18.7. The van der Waals surface area contributed by atoms with E-state index in [-0.39, 0.29) is 6.04 Å². The SMILES string of the molecule is CCCCCCCCn1cc[n+](C)c1.O=C([O-])[C@@H]1CCCN1. The van der Waals surface area contributed by atoms with Gasteiger partial charge >= 0.3 is 0 Å². The standard InChI is InChI=1S/C12H23N2.C5H9NO2/c1-3-4-5-6-7-8-9-14-11-10-13(2)12-14;7-5(8)4-2-1-3-6-4/h10-12H,3-9H2,1-2H3;4,6H,1-3H2,(H,7,8)/q+1;/p-1/t;4-/m.0/s1. The van der Waals surface area contributed by atoms with E-state index in [2.05, 4.69) is 47.1 Å². The Kier molecular flexibility index (Phi) is 9.55. The quantitative estimate of drug-likeness (QED) is 0.579. The Labute approximate surface area is 134 Å². The molecule has 126 valence electrons. The van der Waals surface area contributed by atoms with E-state index in [1.807, 2.05) is 0 Å². The molecule has 0 amide bonds. The molecule has 1 atom stereocenters. The van der Waals surface area contributed by atoms with Crippen molar-refractivity contribution in [3.05, 3.63) is 18.7 Å². The van der Waals surface area contributed by atoms with Crippen molar-refractivity contribution in [3.8, 4) is 0 Å². The van der Waals surface area contributed by atoms with E-state index < -0.39 is 5.97 Å². The molecule has 0 radical (unpaired) electrons. The molecule has 1 aromatic heterocycles. The van der Waals surface area contributed by atoms with Crippen molar-refractivity contribution in [3.63, 3.8) is 0 Å². The molecule has 5 nitrogen and oxygen atoms in total. The maximum atomic E-state index is 10.0. The van der Waals surface area contributed by atoms with E-state index in [0.29, 0.717) is 0 Å². The number of aryl methyl sites for hydroxylation is 2. The highest BCUT2D eigenvalue weighted by molar-refractivity contribution is 5.71. The van der Waals surface area contributed by atoms with Gasteiger partial charge in [0, 0.05) is 6.04 Å². The minimum atomic E-state index is -0.970. The molecule has 22 heavy (non-hydrogen) atoms. The van der Waals surface area contributed by atoms with Gasteiger partial charge in [-0.3, -0.25) is 0 Å². The summed E-state index contributed by atoms with van der Waals surface area (Å²) in [6, 6.07) is -0.380. The number of carboxylic acid groups (broad SMARTS) is 1. The first-order valence-electron chi connectivity index (χ1n) is 8.58. The normalized spacial score (nSPS) is 17.1. The lowest BCUT2D eigenvalue weighted by molar-refractivity contribution is -0.671. The van der Waals surface area contributed by atoms with E-state index in [9.17, 15) is 9.90 Å². The minimum Gasteiger partial charge on any atom is -0.548 e. The Hall–Kier alpha value is -1.36. The topological polar surface area (TPSA) is 61.0 Å². The Morgan fingerprint density at radius 2 is 2.05 bits per heavy atom. The lowest BCUT2D eigenvalue weighted by Gasteiger charge is -2.08. The number of aliphatic carboxylic acids is 1. The van der Waals surface area contributed by atoms with Crippen LogP contribution in [-0.2, 0) is 18.4 Å². The number of aromatic nitrogens is 2. The molecule has 0 bridgehead atoms. The summed E-state index contributed by atoms with van der Waals surface area (Å²) in [7, 11) is 2.07. The minimum absolute atomic E-state index is 0.380. The Morgan fingerprint density at radius 3 is 2.55 bits per heavy atom. The summed E-state index contributed by atoms with van der Waals surface area (Å²) in [4.78, 5) is 10.0. The van der Waals surface area contributed by atoms with Gasteiger partial charge in [-0.25, -0.2) is 9.13 Å². The van der Waals surface area contributed by atoms with Crippen molar-refractivity contribution < 1.29 is 14.5 Å². The van der Waals surface area contributed by atoms with Crippen LogP contribution in [0, 0.1) is 0 Å². The average Bonchev–Trinajstić information content (AvgIpc) is 3.15. The van der Waals surface area contributed by atoms with Crippen molar-refractivity contribution in [2.45, 2.75) is 70.9 Å². The predicted octanol–water partition coefficient (Wildman–Crippen LogP) is 1.16. The molecule has 0 spiro atoms. The van der Waals surface area contributed by atoms with E-state index in [4.69, 9.17) is 0 Å². The van der Waals surface area contributed by atoms with E-state index in [1.165, 1.54) is 45.1 Å². The van der Waals surface area contributed by atoms with E-state index in [1.54, 1.807) is 0 Å². The number of imidazole rings is 1. The Balaban J connectivity index is 0.000000255. The van der Waals surface area contributed by atoms with Gasteiger partial charge in [0.15, 0.2) is 0 Å². The summed E-state index contributed by atoms with van der Waals surface area (Å²) in [6.07, 6.45) is 16.3. The largest absolute Gasteiger partial charge is 0.548 e. The van der Waals surface area contributed by atoms with Crippen LogP contribution in [0.1, 0.15) is 58.3 Å². The second-order valence-corrected chi connectivity index (χ2v) is 6.05. The fraction of sp³-hybridized carbons (Fsp3) is 0.765. The van der Waals surface area contributed by atoms with E-state index in [0.717, 1.165) is 19.4 Å². The van der Waals surface area contributed by atoms with Crippen LogP contribution >= 0.6 is 0 Å². The first-order chi connectivity index (χ1) is 10.6. The zero-order chi connectivity index (χ0) is 16.2. The highest BCUT2D eigenvalue weighted by Crippen LogP contribution is 2.05. The van der Waals surface area contributed by atoms with Gasteiger partial charge in [0.2, 0.25) is 6.33 Å². The molecule has 1 aromatic rings.